The second-order valence-corrected chi connectivity index (χ2v) is 10.1. The Morgan fingerprint density at radius 1 is 0.943 bits per heavy atom. The fourth-order valence-electron chi connectivity index (χ4n) is 5.68. The van der Waals surface area contributed by atoms with Crippen molar-refractivity contribution in [3.8, 4) is 11.1 Å². The van der Waals surface area contributed by atoms with Gasteiger partial charge in [0.25, 0.3) is 0 Å². The fraction of sp³-hybridized carbons (Fsp3) is 0.464. The predicted molar refractivity (Wildman–Crippen MR) is 131 cm³/mol. The Balaban J connectivity index is 1.21. The molecule has 7 heteroatoms. The first-order valence-corrected chi connectivity index (χ1v) is 12.6. The number of rotatable bonds is 9. The predicted octanol–water partition coefficient (Wildman–Crippen LogP) is 4.45. The van der Waals surface area contributed by atoms with Gasteiger partial charge in [0.2, 0.25) is 5.91 Å². The number of benzene rings is 2. The SMILES string of the molecule is O=C(O)CC1CCCC1NC(=O)[C@H](CC1CC1)NC(=O)OCC1c2ccccc2-c2ccccc21. The van der Waals surface area contributed by atoms with Crippen molar-refractivity contribution in [2.24, 2.45) is 11.8 Å². The Morgan fingerprint density at radius 2 is 1.60 bits per heavy atom. The van der Waals surface area contributed by atoms with Crippen LogP contribution in [0.15, 0.2) is 48.5 Å². The van der Waals surface area contributed by atoms with Crippen molar-refractivity contribution >= 4 is 18.0 Å². The average molecular weight is 477 g/mol. The van der Waals surface area contributed by atoms with Crippen molar-refractivity contribution in [3.63, 3.8) is 0 Å². The quantitative estimate of drug-likeness (QED) is 0.496. The standard InChI is InChI=1S/C28H32N2O5/c31-26(32)15-18-6-5-11-24(18)29-27(33)25(14-17-12-13-17)30-28(34)35-16-23-21-9-3-1-7-19(21)20-8-2-4-10-22(20)23/h1-4,7-10,17-18,23-25H,5-6,11-16H2,(H,29,33)(H,30,34)(H,31,32)/t18?,24?,25-/m0/s1. The molecule has 0 aliphatic heterocycles. The maximum Gasteiger partial charge on any atom is 0.407 e. The summed E-state index contributed by atoms with van der Waals surface area (Å²) in [5.74, 6) is -0.764. The summed E-state index contributed by atoms with van der Waals surface area (Å²) >= 11 is 0. The van der Waals surface area contributed by atoms with Gasteiger partial charge in [0.15, 0.2) is 0 Å². The summed E-state index contributed by atoms with van der Waals surface area (Å²) in [7, 11) is 0. The first-order valence-electron chi connectivity index (χ1n) is 12.6. The van der Waals surface area contributed by atoms with E-state index < -0.39 is 18.1 Å². The summed E-state index contributed by atoms with van der Waals surface area (Å²) in [5, 5.41) is 15.0. The summed E-state index contributed by atoms with van der Waals surface area (Å²) in [5.41, 5.74) is 4.60. The van der Waals surface area contributed by atoms with Gasteiger partial charge in [-0.25, -0.2) is 4.79 Å². The third-order valence-corrected chi connectivity index (χ3v) is 7.64. The number of aliphatic carboxylic acids is 1. The third kappa shape index (κ3) is 5.34. The maximum absolute atomic E-state index is 13.1. The number of nitrogens with one attached hydrogen (secondary N) is 2. The molecule has 0 aromatic heterocycles. The normalized spacial score (nSPS) is 21.6. The van der Waals surface area contributed by atoms with E-state index in [-0.39, 0.29) is 36.8 Å². The topological polar surface area (TPSA) is 105 Å². The molecule has 0 spiro atoms. The monoisotopic (exact) mass is 476 g/mol. The van der Waals surface area contributed by atoms with Crippen LogP contribution < -0.4 is 10.6 Å². The summed E-state index contributed by atoms with van der Waals surface area (Å²) in [6, 6.07) is 15.5. The van der Waals surface area contributed by atoms with Gasteiger partial charge in [0.05, 0.1) is 6.42 Å². The lowest BCUT2D eigenvalue weighted by atomic mass is 9.98. The smallest absolute Gasteiger partial charge is 0.407 e. The zero-order chi connectivity index (χ0) is 24.4. The molecule has 2 saturated carbocycles. The van der Waals surface area contributed by atoms with E-state index in [9.17, 15) is 14.4 Å². The summed E-state index contributed by atoms with van der Waals surface area (Å²) < 4.78 is 5.66. The van der Waals surface area contributed by atoms with E-state index in [2.05, 4.69) is 34.9 Å². The van der Waals surface area contributed by atoms with Gasteiger partial charge in [-0.3, -0.25) is 9.59 Å². The highest BCUT2D eigenvalue weighted by atomic mass is 16.5. The van der Waals surface area contributed by atoms with Gasteiger partial charge in [-0.05, 0) is 53.4 Å². The number of hydrogen-bond acceptors (Lipinski definition) is 4. The molecule has 7 nitrogen and oxygen atoms in total. The van der Waals surface area contributed by atoms with Crippen LogP contribution in [0, 0.1) is 11.8 Å². The van der Waals surface area contributed by atoms with Gasteiger partial charge < -0.3 is 20.5 Å². The molecular formula is C28H32N2O5. The highest BCUT2D eigenvalue weighted by Crippen LogP contribution is 2.44. The number of carboxylic acid groups (broad SMARTS) is 1. The minimum absolute atomic E-state index is 0.0425. The summed E-state index contributed by atoms with van der Waals surface area (Å²) in [6.45, 7) is 0.195. The first kappa shape index (κ1) is 23.4. The van der Waals surface area contributed by atoms with Gasteiger partial charge in [0, 0.05) is 12.0 Å². The van der Waals surface area contributed by atoms with E-state index in [1.54, 1.807) is 0 Å². The maximum atomic E-state index is 13.1. The number of carbonyl (C=O) groups excluding carboxylic acids is 2. The van der Waals surface area contributed by atoms with Crippen LogP contribution in [0.4, 0.5) is 4.79 Å². The van der Waals surface area contributed by atoms with E-state index in [1.165, 1.54) is 0 Å². The van der Waals surface area contributed by atoms with Crippen LogP contribution >= 0.6 is 0 Å². The zero-order valence-electron chi connectivity index (χ0n) is 19.7. The Hall–Kier alpha value is -3.35. The van der Waals surface area contributed by atoms with Crippen molar-refractivity contribution in [1.82, 2.24) is 10.6 Å². The molecule has 3 aliphatic carbocycles. The van der Waals surface area contributed by atoms with Crippen LogP contribution in [0.25, 0.3) is 11.1 Å². The van der Waals surface area contributed by atoms with Crippen molar-refractivity contribution in [1.29, 1.82) is 0 Å². The Morgan fingerprint density at radius 3 is 2.23 bits per heavy atom. The van der Waals surface area contributed by atoms with E-state index in [4.69, 9.17) is 9.84 Å². The van der Waals surface area contributed by atoms with Gasteiger partial charge in [-0.1, -0.05) is 67.8 Å². The molecule has 2 aromatic carbocycles. The molecule has 3 atom stereocenters. The molecule has 184 valence electrons. The number of amides is 2. The van der Waals surface area contributed by atoms with Crippen molar-refractivity contribution < 1.29 is 24.2 Å². The largest absolute Gasteiger partial charge is 0.481 e. The summed E-state index contributed by atoms with van der Waals surface area (Å²) in [4.78, 5) is 37.1. The van der Waals surface area contributed by atoms with Crippen LogP contribution in [0.3, 0.4) is 0 Å². The number of ether oxygens (including phenoxy) is 1. The van der Waals surface area contributed by atoms with Crippen LogP contribution in [0.5, 0.6) is 0 Å². The van der Waals surface area contributed by atoms with Crippen molar-refractivity contribution in [2.45, 2.75) is 62.9 Å². The number of carbonyl (C=O) groups is 3. The molecule has 2 amide bonds. The molecule has 2 fully saturated rings. The molecule has 2 unspecified atom stereocenters. The minimum atomic E-state index is -0.845. The molecule has 0 saturated heterocycles. The van der Waals surface area contributed by atoms with Gasteiger partial charge in [0.1, 0.15) is 12.6 Å². The second kappa shape index (κ2) is 10.1. The molecule has 3 N–H and O–H groups in total. The van der Waals surface area contributed by atoms with Gasteiger partial charge in [-0.15, -0.1) is 0 Å². The van der Waals surface area contributed by atoms with E-state index >= 15 is 0 Å². The summed E-state index contributed by atoms with van der Waals surface area (Å²) in [6.07, 6.45) is 4.61. The molecule has 35 heavy (non-hydrogen) atoms. The van der Waals surface area contributed by atoms with E-state index in [1.807, 2.05) is 24.3 Å². The van der Waals surface area contributed by atoms with Crippen molar-refractivity contribution in [2.75, 3.05) is 6.61 Å². The Bertz CT molecular complexity index is 1070. The number of fused-ring (bicyclic) bond motifs is 3. The molecule has 0 heterocycles. The van der Waals surface area contributed by atoms with Crippen LogP contribution in [-0.4, -0.2) is 41.8 Å². The van der Waals surface area contributed by atoms with Gasteiger partial charge in [-0.2, -0.15) is 0 Å². The van der Waals surface area contributed by atoms with Crippen molar-refractivity contribution in [3.05, 3.63) is 59.7 Å². The molecule has 0 bridgehead atoms. The molecule has 2 aromatic rings. The molecular weight excluding hydrogens is 444 g/mol. The van der Waals surface area contributed by atoms with E-state index in [0.717, 1.165) is 54.4 Å². The zero-order valence-corrected chi connectivity index (χ0v) is 19.7. The number of alkyl carbamates (subject to hydrolysis) is 1. The number of carboxylic acids is 1. The highest BCUT2D eigenvalue weighted by Gasteiger charge is 2.36. The molecule has 5 rings (SSSR count). The number of hydrogen-bond donors (Lipinski definition) is 3. The van der Waals surface area contributed by atoms with Crippen LogP contribution in [0.2, 0.25) is 0 Å². The minimum Gasteiger partial charge on any atom is -0.481 e. The average Bonchev–Trinajstić information content (AvgIpc) is 3.48. The Labute approximate surface area is 205 Å². The lowest BCUT2D eigenvalue weighted by Crippen LogP contribution is -2.51. The lowest BCUT2D eigenvalue weighted by Gasteiger charge is -2.24. The fourth-order valence-corrected chi connectivity index (χ4v) is 5.68. The Kier molecular flexibility index (Phi) is 6.75. The molecule has 0 radical (unpaired) electrons. The third-order valence-electron chi connectivity index (χ3n) is 7.64. The van der Waals surface area contributed by atoms with E-state index in [0.29, 0.717) is 12.3 Å². The first-order chi connectivity index (χ1) is 17.0. The van der Waals surface area contributed by atoms with Crippen LogP contribution in [0.1, 0.15) is 62.0 Å². The second-order valence-electron chi connectivity index (χ2n) is 10.1. The van der Waals surface area contributed by atoms with Crippen LogP contribution in [-0.2, 0) is 14.3 Å². The van der Waals surface area contributed by atoms with Gasteiger partial charge >= 0.3 is 12.1 Å². The highest BCUT2D eigenvalue weighted by molar-refractivity contribution is 5.86. The lowest BCUT2D eigenvalue weighted by molar-refractivity contribution is -0.138. The molecule has 3 aliphatic rings.